The Kier molecular flexibility index (Phi) is 9.09. The van der Waals surface area contributed by atoms with Crippen LogP contribution in [0.3, 0.4) is 0 Å². The lowest BCUT2D eigenvalue weighted by molar-refractivity contribution is -0.169. The topological polar surface area (TPSA) is 87.9 Å². The average Bonchev–Trinajstić information content (AvgIpc) is 2.76. The van der Waals surface area contributed by atoms with Crippen LogP contribution in [0.2, 0.25) is 5.02 Å². The summed E-state index contributed by atoms with van der Waals surface area (Å²) >= 11 is 5.96. The summed E-state index contributed by atoms with van der Waals surface area (Å²) in [7, 11) is 0. The van der Waals surface area contributed by atoms with Crippen LogP contribution in [0, 0.1) is 5.82 Å². The first-order chi connectivity index (χ1) is 15.8. The molecule has 2 N–H and O–H groups in total. The lowest BCUT2D eigenvalue weighted by atomic mass is 9.98. The zero-order valence-corrected chi connectivity index (χ0v) is 19.4. The van der Waals surface area contributed by atoms with Crippen LogP contribution in [0.15, 0.2) is 42.5 Å². The Morgan fingerprint density at radius 2 is 1.79 bits per heavy atom. The van der Waals surface area contributed by atoms with Gasteiger partial charge in [0.1, 0.15) is 11.9 Å². The molecule has 2 atom stereocenters. The molecule has 0 amide bonds. The monoisotopic (exact) mass is 477 g/mol. The fourth-order valence-electron chi connectivity index (χ4n) is 3.87. The van der Waals surface area contributed by atoms with Gasteiger partial charge in [0.15, 0.2) is 0 Å². The van der Waals surface area contributed by atoms with E-state index in [0.717, 1.165) is 37.7 Å². The Bertz CT molecular complexity index is 946. The van der Waals surface area contributed by atoms with Crippen molar-refractivity contribution in [1.29, 1.82) is 0 Å². The Labute approximate surface area is 198 Å². The van der Waals surface area contributed by atoms with Crippen molar-refractivity contribution in [2.75, 3.05) is 0 Å². The Morgan fingerprint density at radius 1 is 1.09 bits per heavy atom. The quantitative estimate of drug-likeness (QED) is 0.383. The van der Waals surface area contributed by atoms with Gasteiger partial charge in [0.25, 0.3) is 0 Å². The predicted molar refractivity (Wildman–Crippen MR) is 123 cm³/mol. The van der Waals surface area contributed by atoms with E-state index in [4.69, 9.17) is 31.5 Å². The number of ether oxygens (including phenoxy) is 3. The Morgan fingerprint density at radius 3 is 2.48 bits per heavy atom. The molecule has 33 heavy (non-hydrogen) atoms. The summed E-state index contributed by atoms with van der Waals surface area (Å²) in [6.45, 7) is 1.46. The van der Waals surface area contributed by atoms with Gasteiger partial charge >= 0.3 is 12.1 Å². The number of benzene rings is 2. The van der Waals surface area contributed by atoms with Crippen molar-refractivity contribution in [3.63, 3.8) is 0 Å². The van der Waals surface area contributed by atoms with E-state index < -0.39 is 24.5 Å². The summed E-state index contributed by atoms with van der Waals surface area (Å²) in [5.41, 5.74) is 8.09. The van der Waals surface area contributed by atoms with Crippen molar-refractivity contribution in [2.45, 2.75) is 70.3 Å². The minimum atomic E-state index is -1.06. The van der Waals surface area contributed by atoms with Crippen LogP contribution >= 0.6 is 11.6 Å². The van der Waals surface area contributed by atoms with E-state index >= 15 is 0 Å². The van der Waals surface area contributed by atoms with Gasteiger partial charge in [-0.1, -0.05) is 42.3 Å². The van der Waals surface area contributed by atoms with Gasteiger partial charge in [0.05, 0.1) is 6.42 Å². The van der Waals surface area contributed by atoms with Crippen molar-refractivity contribution in [3.8, 4) is 11.1 Å². The third-order valence-corrected chi connectivity index (χ3v) is 5.73. The summed E-state index contributed by atoms with van der Waals surface area (Å²) in [6, 6.07) is 11.1. The lowest BCUT2D eigenvalue weighted by Crippen LogP contribution is -2.30. The smallest absolute Gasteiger partial charge is 0.431 e. The molecule has 2 aromatic carbocycles. The first-order valence-corrected chi connectivity index (χ1v) is 11.5. The summed E-state index contributed by atoms with van der Waals surface area (Å²) < 4.78 is 29.4. The van der Waals surface area contributed by atoms with Crippen molar-refractivity contribution < 1.29 is 28.2 Å². The van der Waals surface area contributed by atoms with Gasteiger partial charge in [0.2, 0.25) is 6.29 Å². The first kappa shape index (κ1) is 25.0. The lowest BCUT2D eigenvalue weighted by Gasteiger charge is -2.22. The average molecular weight is 478 g/mol. The van der Waals surface area contributed by atoms with E-state index in [1.165, 1.54) is 19.1 Å². The number of carbonyl (C=O) groups excluding carboxylic acids is 2. The molecular weight excluding hydrogens is 449 g/mol. The highest BCUT2D eigenvalue weighted by atomic mass is 35.5. The fourth-order valence-corrected chi connectivity index (χ4v) is 4.04. The van der Waals surface area contributed by atoms with E-state index in [9.17, 15) is 14.0 Å². The van der Waals surface area contributed by atoms with Crippen molar-refractivity contribution >= 4 is 23.7 Å². The standard InChI is InChI=1S/C25H29ClFNO5/c1-16(32-25(30)33-21-5-3-2-4-6-21)31-24(29)15-20(28)13-17-7-9-18(10-8-17)22-14-19(26)11-12-23(22)27/h7-12,14,16,20-21H,2-6,13,15,28H2,1H3/t16?,20-/m1/s1. The highest BCUT2D eigenvalue weighted by molar-refractivity contribution is 6.30. The van der Waals surface area contributed by atoms with Gasteiger partial charge in [-0.05, 0) is 61.4 Å². The maximum absolute atomic E-state index is 14.0. The van der Waals surface area contributed by atoms with Crippen LogP contribution in [0.5, 0.6) is 0 Å². The van der Waals surface area contributed by atoms with Crippen LogP contribution < -0.4 is 5.73 Å². The molecule has 1 aliphatic rings. The van der Waals surface area contributed by atoms with Gasteiger partial charge in [-0.15, -0.1) is 0 Å². The Balaban J connectivity index is 1.43. The molecule has 8 heteroatoms. The molecule has 0 aromatic heterocycles. The van der Waals surface area contributed by atoms with E-state index in [-0.39, 0.29) is 18.3 Å². The molecule has 1 fully saturated rings. The summed E-state index contributed by atoms with van der Waals surface area (Å²) in [5.74, 6) is -0.927. The van der Waals surface area contributed by atoms with Crippen molar-refractivity contribution in [1.82, 2.24) is 0 Å². The van der Waals surface area contributed by atoms with Crippen LogP contribution in [0.4, 0.5) is 9.18 Å². The Hall–Kier alpha value is -2.64. The molecular formula is C25H29ClFNO5. The molecule has 0 heterocycles. The second-order valence-corrected chi connectivity index (χ2v) is 8.73. The third-order valence-electron chi connectivity index (χ3n) is 5.49. The molecule has 0 aliphatic heterocycles. The highest BCUT2D eigenvalue weighted by Gasteiger charge is 2.22. The van der Waals surface area contributed by atoms with E-state index in [0.29, 0.717) is 22.6 Å². The molecule has 0 spiro atoms. The molecule has 3 rings (SSSR count). The maximum Gasteiger partial charge on any atom is 0.511 e. The number of hydrogen-bond donors (Lipinski definition) is 1. The summed E-state index contributed by atoms with van der Waals surface area (Å²) in [6.07, 6.45) is 3.21. The second-order valence-electron chi connectivity index (χ2n) is 8.29. The molecule has 1 aliphatic carbocycles. The molecule has 178 valence electrons. The SMILES string of the molecule is CC(OC(=O)C[C@H](N)Cc1ccc(-c2cc(Cl)ccc2F)cc1)OC(=O)OC1CCCCC1. The minimum absolute atomic E-state index is 0.0456. The molecule has 2 aromatic rings. The van der Waals surface area contributed by atoms with E-state index in [2.05, 4.69) is 0 Å². The second kappa shape index (κ2) is 12.0. The van der Waals surface area contributed by atoms with Crippen molar-refractivity contribution in [3.05, 3.63) is 58.9 Å². The number of esters is 1. The van der Waals surface area contributed by atoms with Crippen LogP contribution in [0.25, 0.3) is 11.1 Å². The van der Waals surface area contributed by atoms with E-state index in [1.54, 1.807) is 18.2 Å². The molecule has 0 radical (unpaired) electrons. The first-order valence-electron chi connectivity index (χ1n) is 11.2. The number of rotatable bonds is 8. The molecule has 6 nitrogen and oxygen atoms in total. The number of hydrogen-bond acceptors (Lipinski definition) is 6. The zero-order chi connectivity index (χ0) is 23.8. The molecule has 1 saturated carbocycles. The van der Waals surface area contributed by atoms with Gasteiger partial charge < -0.3 is 19.9 Å². The number of nitrogens with two attached hydrogens (primary N) is 1. The zero-order valence-electron chi connectivity index (χ0n) is 18.6. The van der Waals surface area contributed by atoms with Gasteiger partial charge in [-0.25, -0.2) is 9.18 Å². The van der Waals surface area contributed by atoms with E-state index in [1.807, 2.05) is 12.1 Å². The number of halogens is 2. The largest absolute Gasteiger partial charge is 0.511 e. The highest BCUT2D eigenvalue weighted by Crippen LogP contribution is 2.26. The number of carbonyl (C=O) groups is 2. The summed E-state index contributed by atoms with van der Waals surface area (Å²) in [4.78, 5) is 24.0. The van der Waals surface area contributed by atoms with Crippen LogP contribution in [0.1, 0.15) is 51.0 Å². The summed E-state index contributed by atoms with van der Waals surface area (Å²) in [5, 5.41) is 0.455. The van der Waals surface area contributed by atoms with Gasteiger partial charge in [0, 0.05) is 23.6 Å². The molecule has 1 unspecified atom stereocenters. The normalized spacial score (nSPS) is 16.0. The third kappa shape index (κ3) is 8.02. The maximum atomic E-state index is 14.0. The predicted octanol–water partition coefficient (Wildman–Crippen LogP) is 5.78. The minimum Gasteiger partial charge on any atom is -0.431 e. The fraction of sp³-hybridized carbons (Fsp3) is 0.440. The molecule has 0 bridgehead atoms. The van der Waals surface area contributed by atoms with Crippen molar-refractivity contribution in [2.24, 2.45) is 5.73 Å². The van der Waals surface area contributed by atoms with Gasteiger partial charge in [-0.3, -0.25) is 4.79 Å². The van der Waals surface area contributed by atoms with Crippen LogP contribution in [-0.2, 0) is 25.4 Å². The molecule has 0 saturated heterocycles. The van der Waals surface area contributed by atoms with Gasteiger partial charge in [-0.2, -0.15) is 0 Å². The van der Waals surface area contributed by atoms with Crippen LogP contribution in [-0.4, -0.2) is 30.6 Å².